The summed E-state index contributed by atoms with van der Waals surface area (Å²) in [4.78, 5) is 14.9. The summed E-state index contributed by atoms with van der Waals surface area (Å²) in [6.45, 7) is 6.68. The number of carbonyl (C=O) groups is 1. The minimum atomic E-state index is 0.0279. The molecule has 1 amide bonds. The number of nitrogens with one attached hydrogen (secondary N) is 1. The number of hydrogen-bond acceptors (Lipinski definition) is 4. The van der Waals surface area contributed by atoms with Gasteiger partial charge in [-0.15, -0.1) is 11.3 Å². The van der Waals surface area contributed by atoms with Gasteiger partial charge in [0.1, 0.15) is 6.17 Å². The van der Waals surface area contributed by atoms with Crippen LogP contribution in [0.15, 0.2) is 17.5 Å². The van der Waals surface area contributed by atoms with Gasteiger partial charge in [-0.05, 0) is 17.4 Å². The lowest BCUT2D eigenvalue weighted by Gasteiger charge is -2.23. The summed E-state index contributed by atoms with van der Waals surface area (Å²) in [6.07, 6.45) is 0.0279. The number of hydrogen-bond donors (Lipinski definition) is 1. The zero-order valence-corrected chi connectivity index (χ0v) is 11.7. The summed E-state index contributed by atoms with van der Waals surface area (Å²) in [5.74, 6) is 0.687. The third-order valence-electron chi connectivity index (χ3n) is 2.82. The second kappa shape index (κ2) is 6.31. The Kier molecular flexibility index (Phi) is 4.74. The lowest BCUT2D eigenvalue weighted by atomic mass is 10.2. The molecule has 1 unspecified atom stereocenters. The predicted molar refractivity (Wildman–Crippen MR) is 72.4 cm³/mol. The van der Waals surface area contributed by atoms with Crippen molar-refractivity contribution in [1.29, 1.82) is 0 Å². The van der Waals surface area contributed by atoms with E-state index in [4.69, 9.17) is 4.74 Å². The van der Waals surface area contributed by atoms with Crippen molar-refractivity contribution in [1.82, 2.24) is 10.2 Å². The van der Waals surface area contributed by atoms with E-state index in [0.717, 1.165) is 6.61 Å². The molecule has 1 aromatic heterocycles. The number of carbonyl (C=O) groups excluding carboxylic acids is 1. The molecular weight excluding hydrogens is 248 g/mol. The lowest BCUT2D eigenvalue weighted by Crippen LogP contribution is -2.33. The van der Waals surface area contributed by atoms with Gasteiger partial charge < -0.3 is 9.64 Å². The minimum absolute atomic E-state index is 0.0279. The number of amides is 1. The summed E-state index contributed by atoms with van der Waals surface area (Å²) in [7, 11) is 0. The van der Waals surface area contributed by atoms with Crippen LogP contribution in [-0.2, 0) is 9.53 Å². The molecule has 0 aromatic carbocycles. The predicted octanol–water partition coefficient (Wildman–Crippen LogP) is 1.85. The highest BCUT2D eigenvalue weighted by Gasteiger charge is 2.31. The maximum atomic E-state index is 11.8. The van der Waals surface area contributed by atoms with E-state index >= 15 is 0 Å². The van der Waals surface area contributed by atoms with Crippen LogP contribution in [0.3, 0.4) is 0 Å². The van der Waals surface area contributed by atoms with Crippen LogP contribution in [0.4, 0.5) is 0 Å². The van der Waals surface area contributed by atoms with Crippen LogP contribution >= 0.6 is 11.3 Å². The molecule has 2 rings (SSSR count). The molecule has 0 aliphatic carbocycles. The number of nitrogens with zero attached hydrogens (tertiary/aromatic N) is 1. The molecule has 1 aliphatic rings. The van der Waals surface area contributed by atoms with Gasteiger partial charge in [0.15, 0.2) is 0 Å². The second-order valence-corrected chi connectivity index (χ2v) is 5.83. The lowest BCUT2D eigenvalue weighted by molar-refractivity contribution is -0.128. The van der Waals surface area contributed by atoms with Gasteiger partial charge in [0.05, 0.1) is 13.2 Å². The fraction of sp³-hybridized carbons (Fsp3) is 0.615. The molecule has 0 radical (unpaired) electrons. The Morgan fingerprint density at radius 2 is 2.44 bits per heavy atom. The number of rotatable bonds is 6. The summed E-state index contributed by atoms with van der Waals surface area (Å²) in [5.41, 5.74) is 0. The molecule has 1 saturated heterocycles. The molecule has 2 heterocycles. The Morgan fingerprint density at radius 3 is 3.11 bits per heavy atom. The van der Waals surface area contributed by atoms with E-state index in [0.29, 0.717) is 25.6 Å². The van der Waals surface area contributed by atoms with Crippen molar-refractivity contribution >= 4 is 17.2 Å². The highest BCUT2D eigenvalue weighted by molar-refractivity contribution is 7.10. The maximum Gasteiger partial charge on any atom is 0.238 e. The molecule has 1 atom stereocenters. The van der Waals surface area contributed by atoms with E-state index < -0.39 is 0 Å². The van der Waals surface area contributed by atoms with E-state index in [1.165, 1.54) is 4.88 Å². The zero-order valence-electron chi connectivity index (χ0n) is 10.9. The standard InChI is InChI=1S/C13H20N2O2S/c1-10(2)9-17-6-5-15-12(16)8-14-13(15)11-4-3-7-18-11/h3-4,7,10,13-14H,5-6,8-9H2,1-2H3. The van der Waals surface area contributed by atoms with Crippen LogP contribution in [0, 0.1) is 5.92 Å². The summed E-state index contributed by atoms with van der Waals surface area (Å²) in [6, 6.07) is 4.07. The fourth-order valence-electron chi connectivity index (χ4n) is 1.98. The van der Waals surface area contributed by atoms with Crippen molar-refractivity contribution in [2.75, 3.05) is 26.3 Å². The van der Waals surface area contributed by atoms with Gasteiger partial charge in [0.25, 0.3) is 0 Å². The Morgan fingerprint density at radius 1 is 1.61 bits per heavy atom. The van der Waals surface area contributed by atoms with Gasteiger partial charge in [-0.3, -0.25) is 10.1 Å². The van der Waals surface area contributed by atoms with Crippen molar-refractivity contribution < 1.29 is 9.53 Å². The average molecular weight is 268 g/mol. The smallest absolute Gasteiger partial charge is 0.238 e. The Labute approximate surface area is 112 Å². The van der Waals surface area contributed by atoms with Gasteiger partial charge in [0, 0.05) is 18.0 Å². The molecule has 5 heteroatoms. The average Bonchev–Trinajstić information content (AvgIpc) is 2.94. The van der Waals surface area contributed by atoms with Gasteiger partial charge in [-0.2, -0.15) is 0 Å². The Balaban J connectivity index is 1.86. The normalized spacial score (nSPS) is 20.1. The second-order valence-electron chi connectivity index (χ2n) is 4.85. The quantitative estimate of drug-likeness (QED) is 0.801. The maximum absolute atomic E-state index is 11.8. The third kappa shape index (κ3) is 3.31. The number of ether oxygens (including phenoxy) is 1. The van der Waals surface area contributed by atoms with Crippen molar-refractivity contribution in [3.63, 3.8) is 0 Å². The van der Waals surface area contributed by atoms with Crippen LogP contribution in [0.5, 0.6) is 0 Å². The molecule has 1 N–H and O–H groups in total. The first-order chi connectivity index (χ1) is 8.68. The van der Waals surface area contributed by atoms with Crippen molar-refractivity contribution in [3.05, 3.63) is 22.4 Å². The first-order valence-electron chi connectivity index (χ1n) is 6.32. The molecular formula is C13H20N2O2S. The van der Waals surface area contributed by atoms with Crippen LogP contribution < -0.4 is 5.32 Å². The van der Waals surface area contributed by atoms with Crippen LogP contribution in [0.2, 0.25) is 0 Å². The molecule has 0 bridgehead atoms. The van der Waals surface area contributed by atoms with Crippen molar-refractivity contribution in [2.24, 2.45) is 5.92 Å². The summed E-state index contributed by atoms with van der Waals surface area (Å²) >= 11 is 1.67. The minimum Gasteiger partial charge on any atom is -0.379 e. The van der Waals surface area contributed by atoms with Crippen molar-refractivity contribution in [3.8, 4) is 0 Å². The van der Waals surface area contributed by atoms with Gasteiger partial charge in [-0.25, -0.2) is 0 Å². The topological polar surface area (TPSA) is 41.6 Å². The van der Waals surface area contributed by atoms with Gasteiger partial charge in [0.2, 0.25) is 5.91 Å². The van der Waals surface area contributed by atoms with E-state index in [-0.39, 0.29) is 12.1 Å². The van der Waals surface area contributed by atoms with E-state index in [2.05, 4.69) is 25.2 Å². The summed E-state index contributed by atoms with van der Waals surface area (Å²) in [5, 5.41) is 5.27. The van der Waals surface area contributed by atoms with Crippen LogP contribution in [0.1, 0.15) is 24.9 Å². The van der Waals surface area contributed by atoms with Gasteiger partial charge >= 0.3 is 0 Å². The molecule has 1 aromatic rings. The first kappa shape index (κ1) is 13.5. The van der Waals surface area contributed by atoms with Gasteiger partial charge in [-0.1, -0.05) is 19.9 Å². The Bertz CT molecular complexity index is 378. The third-order valence-corrected chi connectivity index (χ3v) is 3.74. The van der Waals surface area contributed by atoms with Crippen molar-refractivity contribution in [2.45, 2.75) is 20.0 Å². The summed E-state index contributed by atoms with van der Waals surface area (Å²) < 4.78 is 5.55. The van der Waals surface area contributed by atoms with Crippen LogP contribution in [-0.4, -0.2) is 37.1 Å². The first-order valence-corrected chi connectivity index (χ1v) is 7.20. The highest BCUT2D eigenvalue weighted by atomic mass is 32.1. The molecule has 0 spiro atoms. The zero-order chi connectivity index (χ0) is 13.0. The molecule has 100 valence electrons. The number of thiophene rings is 1. The molecule has 18 heavy (non-hydrogen) atoms. The van der Waals surface area contributed by atoms with E-state index in [1.54, 1.807) is 11.3 Å². The van der Waals surface area contributed by atoms with Crippen LogP contribution in [0.25, 0.3) is 0 Å². The fourth-order valence-corrected chi connectivity index (χ4v) is 2.79. The molecule has 1 aliphatic heterocycles. The van der Waals surface area contributed by atoms with E-state index in [1.807, 2.05) is 16.3 Å². The van der Waals surface area contributed by atoms with E-state index in [9.17, 15) is 4.79 Å². The molecule has 4 nitrogen and oxygen atoms in total. The highest BCUT2D eigenvalue weighted by Crippen LogP contribution is 2.25. The molecule has 0 saturated carbocycles. The monoisotopic (exact) mass is 268 g/mol. The Hall–Kier alpha value is -0.910. The SMILES string of the molecule is CC(C)COCCN1C(=O)CNC1c1cccs1. The largest absolute Gasteiger partial charge is 0.379 e. The molecule has 1 fully saturated rings.